The van der Waals surface area contributed by atoms with Gasteiger partial charge in [0.05, 0.1) is 5.69 Å². The molecule has 2 aromatic carbocycles. The van der Waals surface area contributed by atoms with Gasteiger partial charge in [0, 0.05) is 23.6 Å². The molecule has 1 N–H and O–H groups in total. The second-order valence-corrected chi connectivity index (χ2v) is 6.36. The third-order valence-corrected chi connectivity index (χ3v) is 3.81. The number of anilines is 1. The number of fused-ring (bicyclic) bond motifs is 1. The third-order valence-electron chi connectivity index (χ3n) is 3.57. The molecular weight excluding hydrogens is 289 g/mol. The predicted octanol–water partition coefficient (Wildman–Crippen LogP) is 4.80. The molecule has 0 saturated carbocycles. The molecule has 0 aromatic heterocycles. The molecule has 0 saturated heterocycles. The van der Waals surface area contributed by atoms with E-state index in [1.807, 2.05) is 12.1 Å². The number of nitrogens with one attached hydrogen (secondary N) is 1. The molecule has 1 aliphatic rings. The second kappa shape index (κ2) is 5.23. The lowest BCUT2D eigenvalue weighted by atomic mass is 10.0. The smallest absolute Gasteiger partial charge is 0.147 e. The van der Waals surface area contributed by atoms with Gasteiger partial charge in [-0.15, -0.1) is 0 Å². The van der Waals surface area contributed by atoms with Crippen LogP contribution in [0.15, 0.2) is 36.4 Å². The largest absolute Gasteiger partial charge is 0.487 e. The maximum absolute atomic E-state index is 13.8. The SMILES string of the molecule is CC1(C)Cc2cccc(CNc3ccc(Cl)cc3F)c2O1. The summed E-state index contributed by atoms with van der Waals surface area (Å²) in [6.45, 7) is 4.66. The molecule has 2 nitrogen and oxygen atoms in total. The van der Waals surface area contributed by atoms with Gasteiger partial charge in [-0.25, -0.2) is 4.39 Å². The van der Waals surface area contributed by atoms with Crippen LogP contribution in [0, 0.1) is 5.82 Å². The zero-order valence-electron chi connectivity index (χ0n) is 12.0. The Kier molecular flexibility index (Phi) is 3.54. The Balaban J connectivity index is 1.80. The topological polar surface area (TPSA) is 21.3 Å². The maximum Gasteiger partial charge on any atom is 0.147 e. The molecule has 0 atom stereocenters. The lowest BCUT2D eigenvalue weighted by molar-refractivity contribution is 0.137. The molecular formula is C17H17ClFNO. The van der Waals surface area contributed by atoms with E-state index in [1.165, 1.54) is 11.6 Å². The van der Waals surface area contributed by atoms with Gasteiger partial charge in [-0.3, -0.25) is 0 Å². The molecule has 110 valence electrons. The Morgan fingerprint density at radius 1 is 1.29 bits per heavy atom. The number of para-hydroxylation sites is 1. The van der Waals surface area contributed by atoms with E-state index in [-0.39, 0.29) is 11.4 Å². The van der Waals surface area contributed by atoms with Gasteiger partial charge in [0.2, 0.25) is 0 Å². The van der Waals surface area contributed by atoms with E-state index in [9.17, 15) is 4.39 Å². The summed E-state index contributed by atoms with van der Waals surface area (Å²) in [5, 5.41) is 3.49. The Morgan fingerprint density at radius 3 is 2.86 bits per heavy atom. The van der Waals surface area contributed by atoms with Crippen LogP contribution in [0.1, 0.15) is 25.0 Å². The minimum atomic E-state index is -0.351. The molecule has 0 spiro atoms. The van der Waals surface area contributed by atoms with Gasteiger partial charge in [-0.05, 0) is 37.6 Å². The fourth-order valence-electron chi connectivity index (χ4n) is 2.64. The molecule has 0 unspecified atom stereocenters. The van der Waals surface area contributed by atoms with Gasteiger partial charge in [0.25, 0.3) is 0 Å². The third kappa shape index (κ3) is 2.98. The van der Waals surface area contributed by atoms with Crippen molar-refractivity contribution in [2.24, 2.45) is 0 Å². The molecule has 0 radical (unpaired) electrons. The predicted molar refractivity (Wildman–Crippen MR) is 83.6 cm³/mol. The Morgan fingerprint density at radius 2 is 2.10 bits per heavy atom. The first kappa shape index (κ1) is 14.2. The highest BCUT2D eigenvalue weighted by Gasteiger charge is 2.31. The zero-order chi connectivity index (χ0) is 15.0. The van der Waals surface area contributed by atoms with Crippen LogP contribution in [-0.2, 0) is 13.0 Å². The van der Waals surface area contributed by atoms with E-state index in [0.29, 0.717) is 17.3 Å². The Labute approximate surface area is 128 Å². The molecule has 1 heterocycles. The molecule has 1 aliphatic heterocycles. The van der Waals surface area contributed by atoms with Crippen molar-refractivity contribution in [1.82, 2.24) is 0 Å². The summed E-state index contributed by atoms with van der Waals surface area (Å²) in [6, 6.07) is 10.7. The molecule has 0 amide bonds. The number of hydrogen-bond donors (Lipinski definition) is 1. The summed E-state index contributed by atoms with van der Waals surface area (Å²) in [4.78, 5) is 0. The summed E-state index contributed by atoms with van der Waals surface area (Å²) in [5.74, 6) is 0.570. The average molecular weight is 306 g/mol. The van der Waals surface area contributed by atoms with Gasteiger partial charge >= 0.3 is 0 Å². The quantitative estimate of drug-likeness (QED) is 0.879. The molecule has 0 bridgehead atoms. The van der Waals surface area contributed by atoms with Crippen LogP contribution >= 0.6 is 11.6 Å². The van der Waals surface area contributed by atoms with Crippen LogP contribution in [0.25, 0.3) is 0 Å². The molecule has 4 heteroatoms. The number of halogens is 2. The summed E-state index contributed by atoms with van der Waals surface area (Å²) in [7, 11) is 0. The van der Waals surface area contributed by atoms with E-state index in [1.54, 1.807) is 12.1 Å². The number of hydrogen-bond acceptors (Lipinski definition) is 2. The van der Waals surface area contributed by atoms with Gasteiger partial charge in [0.1, 0.15) is 17.2 Å². The monoisotopic (exact) mass is 305 g/mol. The van der Waals surface area contributed by atoms with Crippen LogP contribution in [0.5, 0.6) is 5.75 Å². The van der Waals surface area contributed by atoms with Crippen molar-refractivity contribution >= 4 is 17.3 Å². The van der Waals surface area contributed by atoms with Crippen molar-refractivity contribution < 1.29 is 9.13 Å². The van der Waals surface area contributed by atoms with E-state index in [0.717, 1.165) is 17.7 Å². The van der Waals surface area contributed by atoms with Crippen LogP contribution in [-0.4, -0.2) is 5.60 Å². The molecule has 0 aliphatic carbocycles. The lowest BCUT2D eigenvalue weighted by Crippen LogP contribution is -2.25. The zero-order valence-corrected chi connectivity index (χ0v) is 12.8. The fourth-order valence-corrected chi connectivity index (χ4v) is 2.80. The highest BCUT2D eigenvalue weighted by molar-refractivity contribution is 6.30. The van der Waals surface area contributed by atoms with E-state index < -0.39 is 0 Å². The van der Waals surface area contributed by atoms with Crippen LogP contribution in [0.2, 0.25) is 5.02 Å². The van der Waals surface area contributed by atoms with Gasteiger partial charge in [-0.2, -0.15) is 0 Å². The number of benzene rings is 2. The number of rotatable bonds is 3. The Bertz CT molecular complexity index is 684. The van der Waals surface area contributed by atoms with Crippen molar-refractivity contribution in [3.63, 3.8) is 0 Å². The molecule has 0 fully saturated rings. The summed E-state index contributed by atoms with van der Waals surface area (Å²) in [6.07, 6.45) is 0.894. The normalized spacial score (nSPS) is 15.4. The first-order valence-corrected chi connectivity index (χ1v) is 7.31. The first-order valence-electron chi connectivity index (χ1n) is 6.93. The molecule has 21 heavy (non-hydrogen) atoms. The average Bonchev–Trinajstić information content (AvgIpc) is 2.72. The van der Waals surface area contributed by atoms with Crippen LogP contribution < -0.4 is 10.1 Å². The first-order chi connectivity index (χ1) is 9.94. The van der Waals surface area contributed by atoms with E-state index >= 15 is 0 Å². The summed E-state index contributed by atoms with van der Waals surface area (Å²) >= 11 is 5.75. The second-order valence-electron chi connectivity index (χ2n) is 5.92. The van der Waals surface area contributed by atoms with Crippen molar-refractivity contribution in [2.75, 3.05) is 5.32 Å². The Hall–Kier alpha value is -1.74. The van der Waals surface area contributed by atoms with E-state index in [2.05, 4.69) is 25.2 Å². The summed E-state index contributed by atoms with van der Waals surface area (Å²) < 4.78 is 19.8. The van der Waals surface area contributed by atoms with Crippen LogP contribution in [0.4, 0.5) is 10.1 Å². The molecule has 3 rings (SSSR count). The van der Waals surface area contributed by atoms with Crippen molar-refractivity contribution in [2.45, 2.75) is 32.4 Å². The standard InChI is InChI=1S/C17H17ClFNO/c1-17(2)9-11-4-3-5-12(16(11)21-17)10-20-15-7-6-13(18)8-14(15)19/h3-8,20H,9-10H2,1-2H3. The maximum atomic E-state index is 13.8. The van der Waals surface area contributed by atoms with E-state index in [4.69, 9.17) is 16.3 Å². The van der Waals surface area contributed by atoms with Crippen molar-refractivity contribution in [3.05, 3.63) is 58.4 Å². The number of ether oxygens (including phenoxy) is 1. The minimum absolute atomic E-state index is 0.177. The molecule has 2 aromatic rings. The lowest BCUT2D eigenvalue weighted by Gasteiger charge is -2.18. The highest BCUT2D eigenvalue weighted by atomic mass is 35.5. The highest BCUT2D eigenvalue weighted by Crippen LogP contribution is 2.37. The van der Waals surface area contributed by atoms with Gasteiger partial charge in [-0.1, -0.05) is 29.8 Å². The minimum Gasteiger partial charge on any atom is -0.487 e. The summed E-state index contributed by atoms with van der Waals surface area (Å²) in [5.41, 5.74) is 2.50. The fraction of sp³-hybridized carbons (Fsp3) is 0.294. The van der Waals surface area contributed by atoms with Crippen molar-refractivity contribution in [3.8, 4) is 5.75 Å². The van der Waals surface area contributed by atoms with Crippen molar-refractivity contribution in [1.29, 1.82) is 0 Å². The van der Waals surface area contributed by atoms with Gasteiger partial charge < -0.3 is 10.1 Å². The van der Waals surface area contributed by atoms with Crippen LogP contribution in [0.3, 0.4) is 0 Å². The van der Waals surface area contributed by atoms with Gasteiger partial charge in [0.15, 0.2) is 0 Å².